The predicted molar refractivity (Wildman–Crippen MR) is 36.9 cm³/mol. The third-order valence-corrected chi connectivity index (χ3v) is 1.39. The second-order valence-electron chi connectivity index (χ2n) is 2.84. The van der Waals surface area contributed by atoms with Gasteiger partial charge in [-0.05, 0) is 26.9 Å². The molecule has 9 heavy (non-hydrogen) atoms. The predicted octanol–water partition coefficient (Wildman–Crippen LogP) is 0.887. The molecule has 1 heterocycles. The summed E-state index contributed by atoms with van der Waals surface area (Å²) in [5.74, 6) is 0. The van der Waals surface area contributed by atoms with E-state index < -0.39 is 0 Å². The van der Waals surface area contributed by atoms with Crippen molar-refractivity contribution < 1.29 is 4.74 Å². The Hall–Kier alpha value is -0.0800. The van der Waals surface area contributed by atoms with Gasteiger partial charge in [-0.3, -0.25) is 7.05 Å². The van der Waals surface area contributed by atoms with E-state index in [0.717, 1.165) is 13.1 Å². The first-order chi connectivity index (χ1) is 4.18. The molecule has 2 heteroatoms. The van der Waals surface area contributed by atoms with E-state index >= 15 is 0 Å². The van der Waals surface area contributed by atoms with Crippen LogP contribution in [-0.4, -0.2) is 30.2 Å². The molecule has 0 unspecified atom stereocenters. The highest BCUT2D eigenvalue weighted by Gasteiger charge is 2.19. The molecule has 1 saturated heterocycles. The second-order valence-corrected chi connectivity index (χ2v) is 2.84. The molecule has 0 aliphatic carbocycles. The van der Waals surface area contributed by atoms with Gasteiger partial charge >= 0.3 is 0 Å². The minimum atomic E-state index is 0.365. The van der Waals surface area contributed by atoms with Crippen LogP contribution in [0.3, 0.4) is 0 Å². The van der Waals surface area contributed by atoms with Crippen molar-refractivity contribution in [3.8, 4) is 0 Å². The van der Waals surface area contributed by atoms with E-state index in [1.165, 1.54) is 0 Å². The summed E-state index contributed by atoms with van der Waals surface area (Å²) in [5.41, 5.74) is 0. The minimum Gasteiger partial charge on any atom is -0.455 e. The molecule has 0 aromatic heterocycles. The van der Waals surface area contributed by atoms with Crippen molar-refractivity contribution in [2.75, 3.05) is 13.1 Å². The Labute approximate surface area is 56.8 Å². The van der Waals surface area contributed by atoms with Crippen molar-refractivity contribution >= 4 is 0 Å². The van der Waals surface area contributed by atoms with E-state index in [0.29, 0.717) is 12.2 Å². The lowest BCUT2D eigenvalue weighted by molar-refractivity contribution is -0.0650. The fourth-order valence-corrected chi connectivity index (χ4v) is 0.993. The van der Waals surface area contributed by atoms with E-state index in [1.807, 2.05) is 4.90 Å². The summed E-state index contributed by atoms with van der Waals surface area (Å²) in [6, 6.07) is 0. The zero-order valence-electron chi connectivity index (χ0n) is 6.13. The third kappa shape index (κ3) is 1.95. The van der Waals surface area contributed by atoms with Crippen molar-refractivity contribution in [2.45, 2.75) is 26.1 Å². The fourth-order valence-electron chi connectivity index (χ4n) is 0.993. The Bertz CT molecular complexity index is 86.9. The van der Waals surface area contributed by atoms with Gasteiger partial charge in [-0.25, -0.2) is 0 Å². The molecule has 0 amide bonds. The zero-order chi connectivity index (χ0) is 6.85. The summed E-state index contributed by atoms with van der Waals surface area (Å²) in [6.07, 6.45) is 0.811. The van der Waals surface area contributed by atoms with Gasteiger partial charge in [-0.2, -0.15) is 0 Å². The largest absolute Gasteiger partial charge is 0.455 e. The van der Waals surface area contributed by atoms with Gasteiger partial charge in [-0.1, -0.05) is 0 Å². The van der Waals surface area contributed by atoms with E-state index in [1.54, 1.807) is 0 Å². The topological polar surface area (TPSA) is 12.5 Å². The standard InChI is InChI=1S/C7H14NO/c1-6(2)9-7-4-8(3)5-7/h6-7H,3-5H2,1-2H3/q-1. The van der Waals surface area contributed by atoms with E-state index in [2.05, 4.69) is 20.9 Å². The van der Waals surface area contributed by atoms with E-state index in [9.17, 15) is 0 Å². The van der Waals surface area contributed by atoms with Crippen LogP contribution >= 0.6 is 0 Å². The fraction of sp³-hybridized carbons (Fsp3) is 0.857. The van der Waals surface area contributed by atoms with Gasteiger partial charge in [0.05, 0.1) is 12.2 Å². The molecule has 1 fully saturated rings. The molecule has 1 aliphatic rings. The molecule has 1 rings (SSSR count). The van der Waals surface area contributed by atoms with Crippen LogP contribution in [0, 0.1) is 7.05 Å². The van der Waals surface area contributed by atoms with Crippen LogP contribution in [0.5, 0.6) is 0 Å². The van der Waals surface area contributed by atoms with Crippen LogP contribution in [0.2, 0.25) is 0 Å². The van der Waals surface area contributed by atoms with E-state index in [4.69, 9.17) is 4.74 Å². The maximum atomic E-state index is 5.47. The first-order valence-electron chi connectivity index (χ1n) is 3.39. The molecular formula is C7H14NO-. The summed E-state index contributed by atoms with van der Waals surface area (Å²) in [5, 5.41) is 0. The highest BCUT2D eigenvalue weighted by Crippen LogP contribution is 2.10. The van der Waals surface area contributed by atoms with E-state index in [-0.39, 0.29) is 0 Å². The lowest BCUT2D eigenvalue weighted by Gasteiger charge is -2.43. The highest BCUT2D eigenvalue weighted by atomic mass is 16.5. The summed E-state index contributed by atoms with van der Waals surface area (Å²) in [6.45, 7) is 6.12. The molecule has 0 bridgehead atoms. The van der Waals surface area contributed by atoms with Crippen molar-refractivity contribution in [2.24, 2.45) is 0 Å². The molecule has 0 aromatic rings. The molecule has 0 spiro atoms. The third-order valence-electron chi connectivity index (χ3n) is 1.39. The van der Waals surface area contributed by atoms with Gasteiger partial charge in [0.25, 0.3) is 0 Å². The number of likely N-dealkylation sites (tertiary alicyclic amines) is 1. The summed E-state index contributed by atoms with van der Waals surface area (Å²) in [7, 11) is 3.75. The van der Waals surface area contributed by atoms with Gasteiger partial charge in [0.2, 0.25) is 0 Å². The van der Waals surface area contributed by atoms with Crippen LogP contribution in [0.25, 0.3) is 0 Å². The first kappa shape index (κ1) is 7.03. The molecule has 54 valence electrons. The highest BCUT2D eigenvalue weighted by molar-refractivity contribution is 4.79. The molecule has 0 radical (unpaired) electrons. The average Bonchev–Trinajstić information content (AvgIpc) is 1.60. The molecule has 0 aromatic carbocycles. The van der Waals surface area contributed by atoms with Crippen molar-refractivity contribution in [3.05, 3.63) is 7.05 Å². The quantitative estimate of drug-likeness (QED) is 0.512. The average molecular weight is 128 g/mol. The van der Waals surface area contributed by atoms with Crippen LogP contribution in [-0.2, 0) is 4.74 Å². The van der Waals surface area contributed by atoms with Gasteiger partial charge < -0.3 is 9.64 Å². The Morgan fingerprint density at radius 1 is 1.56 bits per heavy atom. The van der Waals surface area contributed by atoms with Crippen molar-refractivity contribution in [3.63, 3.8) is 0 Å². The molecule has 0 atom stereocenters. The molecule has 0 N–H and O–H groups in total. The Morgan fingerprint density at radius 2 is 2.11 bits per heavy atom. The number of nitrogens with zero attached hydrogens (tertiary/aromatic N) is 1. The first-order valence-corrected chi connectivity index (χ1v) is 3.39. The Morgan fingerprint density at radius 3 is 2.44 bits per heavy atom. The lowest BCUT2D eigenvalue weighted by atomic mass is 10.2. The maximum absolute atomic E-state index is 5.47. The maximum Gasteiger partial charge on any atom is 0.0783 e. The van der Waals surface area contributed by atoms with Gasteiger partial charge in [0.15, 0.2) is 0 Å². The lowest BCUT2D eigenvalue weighted by Crippen LogP contribution is -2.49. The molecule has 1 aliphatic heterocycles. The monoisotopic (exact) mass is 128 g/mol. The summed E-state index contributed by atoms with van der Waals surface area (Å²) in [4.78, 5) is 2.01. The van der Waals surface area contributed by atoms with Crippen molar-refractivity contribution in [1.29, 1.82) is 0 Å². The van der Waals surface area contributed by atoms with Gasteiger partial charge in [0, 0.05) is 0 Å². The SMILES string of the molecule is [CH2-]N1CC(OC(C)C)C1. The normalized spacial score (nSPS) is 22.7. The van der Waals surface area contributed by atoms with Gasteiger partial charge in [-0.15, -0.1) is 0 Å². The number of hydrogen-bond donors (Lipinski definition) is 0. The van der Waals surface area contributed by atoms with Crippen molar-refractivity contribution in [1.82, 2.24) is 4.90 Å². The van der Waals surface area contributed by atoms with Crippen LogP contribution in [0.1, 0.15) is 13.8 Å². The Balaban J connectivity index is 2.04. The molecule has 0 saturated carbocycles. The smallest absolute Gasteiger partial charge is 0.0783 e. The summed E-state index contributed by atoms with van der Waals surface area (Å²) < 4.78 is 5.47. The number of rotatable bonds is 2. The van der Waals surface area contributed by atoms with Crippen LogP contribution in [0.4, 0.5) is 0 Å². The van der Waals surface area contributed by atoms with Crippen LogP contribution < -0.4 is 0 Å². The van der Waals surface area contributed by atoms with Crippen LogP contribution in [0.15, 0.2) is 0 Å². The minimum absolute atomic E-state index is 0.365. The van der Waals surface area contributed by atoms with Gasteiger partial charge in [0.1, 0.15) is 0 Å². The Kier molecular flexibility index (Phi) is 2.09. The second kappa shape index (κ2) is 2.67. The number of ether oxygens (including phenoxy) is 1. The molecule has 2 nitrogen and oxygen atoms in total. The summed E-state index contributed by atoms with van der Waals surface area (Å²) >= 11 is 0. The number of hydrogen-bond acceptors (Lipinski definition) is 2. The zero-order valence-corrected chi connectivity index (χ0v) is 6.13. The molecular weight excluding hydrogens is 114 g/mol.